The second kappa shape index (κ2) is 19.2. The quantitative estimate of drug-likeness (QED) is 0.150. The van der Waals surface area contributed by atoms with Crippen LogP contribution in [0.5, 0.6) is 0 Å². The third-order valence-corrected chi connectivity index (χ3v) is 9.32. The van der Waals surface area contributed by atoms with Crippen molar-refractivity contribution in [3.63, 3.8) is 0 Å². The Balaban J connectivity index is 0.000000173. The molecule has 4 aromatic carbocycles. The first-order chi connectivity index (χ1) is 26.0. The van der Waals surface area contributed by atoms with Crippen LogP contribution in [0, 0.1) is 3.57 Å². The number of piperazine rings is 2. The lowest BCUT2D eigenvalue weighted by Gasteiger charge is -2.33. The summed E-state index contributed by atoms with van der Waals surface area (Å²) in [4.78, 5) is 41.1. The maximum Gasteiger partial charge on any atom is 0.410 e. The third kappa shape index (κ3) is 10.4. The number of nitrogens with zero attached hydrogens (tertiary/aromatic N) is 6. The average molecular weight is 963 g/mol. The summed E-state index contributed by atoms with van der Waals surface area (Å²) in [6, 6.07) is 34.2. The van der Waals surface area contributed by atoms with Crippen LogP contribution in [0.15, 0.2) is 112 Å². The topological polar surface area (TPSA) is 118 Å². The lowest BCUT2D eigenvalue weighted by atomic mass is 10.2. The number of carbonyl (C=O) groups excluding carboxylic acids is 2. The van der Waals surface area contributed by atoms with Gasteiger partial charge in [-0.25, -0.2) is 9.59 Å². The van der Waals surface area contributed by atoms with Crippen LogP contribution < -0.4 is 9.80 Å². The van der Waals surface area contributed by atoms with Crippen LogP contribution in [-0.4, -0.2) is 84.3 Å². The molecule has 15 heteroatoms. The first-order valence-corrected chi connectivity index (χ1v) is 20.8. The van der Waals surface area contributed by atoms with Crippen LogP contribution in [-0.2, 0) is 22.7 Å². The molecule has 2 saturated heterocycles. The summed E-state index contributed by atoms with van der Waals surface area (Å²) in [5.41, 5.74) is 5.24. The van der Waals surface area contributed by atoms with Crippen LogP contribution in [0.4, 0.5) is 21.6 Å². The van der Waals surface area contributed by atoms with E-state index in [0.717, 1.165) is 36.9 Å². The number of hydrogen-bond acceptors (Lipinski definition) is 10. The minimum Gasteiger partial charge on any atom is -0.445 e. The van der Waals surface area contributed by atoms with Gasteiger partial charge in [0.15, 0.2) is 11.2 Å². The van der Waals surface area contributed by atoms with E-state index in [-0.39, 0.29) is 12.2 Å². The zero-order valence-corrected chi connectivity index (χ0v) is 33.7. The molecule has 0 saturated carbocycles. The van der Waals surface area contributed by atoms with Gasteiger partial charge in [0.05, 0.1) is 0 Å². The summed E-state index contributed by atoms with van der Waals surface area (Å²) in [5, 5.41) is 0. The Kier molecular flexibility index (Phi) is 13.9. The molecule has 0 atom stereocenters. The molecule has 2 fully saturated rings. The van der Waals surface area contributed by atoms with Crippen LogP contribution in [0.1, 0.15) is 11.1 Å². The van der Waals surface area contributed by atoms with Crippen LogP contribution in [0.3, 0.4) is 0 Å². The molecule has 6 aromatic rings. The normalized spacial score (nSPS) is 14.2. The van der Waals surface area contributed by atoms with E-state index in [1.165, 1.54) is 0 Å². The second-order valence-electron chi connectivity index (χ2n) is 12.1. The summed E-state index contributed by atoms with van der Waals surface area (Å²) in [7, 11) is 4.61. The predicted molar refractivity (Wildman–Crippen MR) is 221 cm³/mol. The molecule has 8 rings (SSSR count). The smallest absolute Gasteiger partial charge is 0.410 e. The fourth-order valence-electron chi connectivity index (χ4n) is 5.80. The molecule has 2 amide bonds. The lowest BCUT2D eigenvalue weighted by Crippen LogP contribution is -2.49. The molecule has 2 aliphatic heterocycles. The van der Waals surface area contributed by atoms with Crippen LogP contribution in [0.2, 0.25) is 0 Å². The minimum atomic E-state index is -0.277. The number of oxazole rings is 2. The largest absolute Gasteiger partial charge is 0.445 e. The number of hydrogen-bond donors (Lipinski definition) is 0. The van der Waals surface area contributed by atoms with Gasteiger partial charge >= 0.3 is 12.2 Å². The van der Waals surface area contributed by atoms with E-state index < -0.39 is 0 Å². The Morgan fingerprint density at radius 3 is 1.51 bits per heavy atom. The summed E-state index contributed by atoms with van der Waals surface area (Å²) < 4.78 is 23.5. The van der Waals surface area contributed by atoms with Gasteiger partial charge in [-0.05, 0) is 73.0 Å². The van der Waals surface area contributed by atoms with Crippen molar-refractivity contribution in [2.45, 2.75) is 13.2 Å². The predicted octanol–water partition coefficient (Wildman–Crippen LogP) is 8.75. The van der Waals surface area contributed by atoms with Crippen molar-refractivity contribution in [1.82, 2.24) is 19.8 Å². The van der Waals surface area contributed by atoms with Crippen molar-refractivity contribution < 1.29 is 27.9 Å². The number of para-hydroxylation sites is 2. The van der Waals surface area contributed by atoms with Gasteiger partial charge in [-0.1, -0.05) is 72.8 Å². The first kappa shape index (κ1) is 38.4. The van der Waals surface area contributed by atoms with Gasteiger partial charge in [-0.2, -0.15) is 9.97 Å². The Labute approximate surface area is 338 Å². The summed E-state index contributed by atoms with van der Waals surface area (Å²) >= 11 is 3.88. The van der Waals surface area contributed by atoms with E-state index in [1.807, 2.05) is 103 Å². The van der Waals surface area contributed by atoms with E-state index in [0.29, 0.717) is 77.6 Å². The number of carbonyl (C=O) groups is 2. The monoisotopic (exact) mass is 962 g/mol. The van der Waals surface area contributed by atoms with Crippen molar-refractivity contribution in [3.05, 3.63) is 118 Å². The molecule has 0 spiro atoms. The van der Waals surface area contributed by atoms with Crippen LogP contribution in [0.25, 0.3) is 22.2 Å². The molecule has 4 heterocycles. The highest BCUT2D eigenvalue weighted by Crippen LogP contribution is 2.25. The number of aromatic nitrogens is 2. The molecule has 2 aliphatic rings. The van der Waals surface area contributed by atoms with Crippen molar-refractivity contribution in [1.29, 1.82) is 0 Å². The molecule has 2 aromatic heterocycles. The van der Waals surface area contributed by atoms with E-state index in [9.17, 15) is 9.59 Å². The summed E-state index contributed by atoms with van der Waals surface area (Å²) in [6.45, 7) is 5.64. The molecule has 276 valence electrons. The Hall–Kier alpha value is -4.29. The Morgan fingerprint density at radius 1 is 0.585 bits per heavy atom. The fraction of sp³-hybridized carbons (Fsp3) is 0.263. The van der Waals surface area contributed by atoms with Gasteiger partial charge in [0.25, 0.3) is 12.0 Å². The van der Waals surface area contributed by atoms with Crippen molar-refractivity contribution in [3.8, 4) is 0 Å². The Bertz CT molecular complexity index is 2040. The number of fused-ring (bicyclic) bond motifs is 2. The van der Waals surface area contributed by atoms with Crippen molar-refractivity contribution in [2.75, 3.05) is 62.2 Å². The number of benzene rings is 4. The third-order valence-electron chi connectivity index (χ3n) is 8.65. The van der Waals surface area contributed by atoms with E-state index in [1.54, 1.807) is 31.3 Å². The maximum atomic E-state index is 12.2. The number of amides is 2. The van der Waals surface area contributed by atoms with Gasteiger partial charge in [0, 0.05) is 77.4 Å². The van der Waals surface area contributed by atoms with Gasteiger partial charge in [0.1, 0.15) is 24.2 Å². The highest BCUT2D eigenvalue weighted by atomic mass is 127. The highest BCUT2D eigenvalue weighted by molar-refractivity contribution is 14.1. The first-order valence-electron chi connectivity index (χ1n) is 17.0. The number of rotatable bonds is 6. The van der Waals surface area contributed by atoms with Gasteiger partial charge in [-0.3, -0.25) is 0 Å². The second-order valence-corrected chi connectivity index (χ2v) is 13.3. The van der Waals surface area contributed by atoms with Crippen molar-refractivity contribution in [2.24, 2.45) is 0 Å². The zero-order chi connectivity index (χ0) is 37.0. The lowest BCUT2D eigenvalue weighted by molar-refractivity contribution is 0.0932. The molecular formula is C38H37ClI2N6O6. The average Bonchev–Trinajstić information content (AvgIpc) is 3.86. The number of ether oxygens (including phenoxy) is 2. The molecule has 0 bridgehead atoms. The van der Waals surface area contributed by atoms with E-state index in [4.69, 9.17) is 18.3 Å². The zero-order valence-electron chi connectivity index (χ0n) is 28.7. The standard InChI is InChI=1S/C19H18IN3O3.C19H19N3O3.ClI/c20-15-6-7-17-16(12-15)21-18(26-17)22-8-10-23(11-9-22)19(24)25-13-14-4-2-1-3-5-14;23-19(24-14-15-6-2-1-3-7-15)22-12-10-21(11-13-22)18-20-16-8-4-5-9-17(16)25-18;1-2/h1-7,12H,8-11,13H2;1-9H,10-14H2;. The highest BCUT2D eigenvalue weighted by Gasteiger charge is 2.26. The van der Waals surface area contributed by atoms with Gasteiger partial charge < -0.3 is 37.9 Å². The van der Waals surface area contributed by atoms with Gasteiger partial charge in [-0.15, -0.1) is 0 Å². The minimum absolute atomic E-state index is 0.277. The molecule has 0 unspecified atom stereocenters. The summed E-state index contributed by atoms with van der Waals surface area (Å²) in [5.74, 6) is 0. The SMILES string of the molecule is ClI.O=C(OCc1ccccc1)N1CCN(c2nc3cc(I)ccc3o2)CC1.O=C(OCc1ccccc1)N1CCN(c2nc3ccccc3o2)CC1. The molecule has 0 radical (unpaired) electrons. The molecule has 12 nitrogen and oxygen atoms in total. The fourth-order valence-corrected chi connectivity index (χ4v) is 6.28. The number of halogens is 3. The maximum absolute atomic E-state index is 12.2. The van der Waals surface area contributed by atoms with E-state index >= 15 is 0 Å². The Morgan fingerprint density at radius 2 is 1.02 bits per heavy atom. The molecule has 53 heavy (non-hydrogen) atoms. The number of anilines is 2. The van der Waals surface area contributed by atoms with Crippen LogP contribution >= 0.6 is 53.0 Å². The van der Waals surface area contributed by atoms with Gasteiger partial charge in [0.2, 0.25) is 0 Å². The van der Waals surface area contributed by atoms with E-state index in [2.05, 4.69) is 51.3 Å². The molecule has 0 N–H and O–H groups in total. The molecular weight excluding hydrogens is 926 g/mol. The molecule has 0 aliphatic carbocycles. The summed E-state index contributed by atoms with van der Waals surface area (Å²) in [6.07, 6.45) is -0.554. The van der Waals surface area contributed by atoms with Crippen molar-refractivity contribution >= 4 is 99.4 Å².